The maximum atomic E-state index is 3.70. The van der Waals surface area contributed by atoms with E-state index in [1.165, 1.54) is 44.2 Å². The van der Waals surface area contributed by atoms with Crippen LogP contribution in [0.2, 0.25) is 0 Å². The highest BCUT2D eigenvalue weighted by Crippen LogP contribution is 2.51. The first kappa shape index (κ1) is 30.0. The Labute approximate surface area is 294 Å². The quantitative estimate of drug-likeness (QED) is 0.194. The monoisotopic (exact) mass is 645 g/mol. The highest BCUT2D eigenvalue weighted by atomic mass is 15.1. The van der Waals surface area contributed by atoms with Gasteiger partial charge in [0.2, 0.25) is 0 Å². The minimum Gasteiger partial charge on any atom is -0.355 e. The lowest BCUT2D eigenvalue weighted by Crippen LogP contribution is -2.16. The number of hydrogen-bond acceptors (Lipinski definition) is 2. The zero-order chi connectivity index (χ0) is 34.0. The summed E-state index contributed by atoms with van der Waals surface area (Å²) in [5.74, 6) is 0. The Morgan fingerprint density at radius 2 is 0.840 bits per heavy atom. The first-order chi connectivity index (χ1) is 24.3. The fourth-order valence-corrected chi connectivity index (χ4v) is 7.84. The van der Waals surface area contributed by atoms with E-state index >= 15 is 0 Å². The molecule has 50 heavy (non-hydrogen) atoms. The van der Waals surface area contributed by atoms with Gasteiger partial charge in [-0.25, -0.2) is 0 Å². The molecule has 8 aromatic rings. The van der Waals surface area contributed by atoms with Crippen molar-refractivity contribution < 1.29 is 0 Å². The normalized spacial score (nSPS) is 13.0. The number of rotatable bonds is 6. The molecular formula is C47H39N3. The van der Waals surface area contributed by atoms with Crippen molar-refractivity contribution in [3.8, 4) is 11.1 Å². The maximum Gasteiger partial charge on any atom is 0.0469 e. The van der Waals surface area contributed by atoms with Crippen LogP contribution >= 0.6 is 0 Å². The van der Waals surface area contributed by atoms with Gasteiger partial charge in [-0.2, -0.15) is 0 Å². The van der Waals surface area contributed by atoms with Gasteiger partial charge in [-0.05, 0) is 121 Å². The fourth-order valence-electron chi connectivity index (χ4n) is 7.84. The molecule has 0 saturated heterocycles. The molecule has 0 aliphatic heterocycles. The molecule has 1 N–H and O–H groups in total. The first-order valence-corrected chi connectivity index (χ1v) is 17.4. The third-order valence-electron chi connectivity index (χ3n) is 10.5. The molecule has 1 aromatic heterocycles. The summed E-state index contributed by atoms with van der Waals surface area (Å²) in [5, 5.41) is 2.39. The summed E-state index contributed by atoms with van der Waals surface area (Å²) in [4.78, 5) is 8.45. The molecule has 3 heteroatoms. The lowest BCUT2D eigenvalue weighted by molar-refractivity contribution is 0.660. The molecular weight excluding hydrogens is 607 g/mol. The molecule has 0 saturated carbocycles. The van der Waals surface area contributed by atoms with Gasteiger partial charge in [0.25, 0.3) is 0 Å². The van der Waals surface area contributed by atoms with Gasteiger partial charge in [-0.1, -0.05) is 97.8 Å². The molecule has 242 valence electrons. The number of H-pyrrole nitrogens is 1. The number of nitrogens with one attached hydrogen (secondary N) is 1. The first-order valence-electron chi connectivity index (χ1n) is 17.4. The van der Waals surface area contributed by atoms with Crippen molar-refractivity contribution in [2.24, 2.45) is 0 Å². The number of hydrogen-bond donors (Lipinski definition) is 1. The van der Waals surface area contributed by atoms with E-state index in [0.717, 1.165) is 45.2 Å². The lowest BCUT2D eigenvalue weighted by Gasteiger charge is -2.28. The number of benzene rings is 7. The Bertz CT molecular complexity index is 2520. The zero-order valence-corrected chi connectivity index (χ0v) is 28.9. The molecule has 7 aromatic carbocycles. The fraction of sp³-hybridized carbons (Fsp3) is 0.106. The van der Waals surface area contributed by atoms with Gasteiger partial charge in [0, 0.05) is 61.3 Å². The third kappa shape index (κ3) is 4.89. The summed E-state index contributed by atoms with van der Waals surface area (Å²) in [6.07, 6.45) is 0. The van der Waals surface area contributed by atoms with Crippen molar-refractivity contribution in [3.63, 3.8) is 0 Å². The van der Waals surface area contributed by atoms with Gasteiger partial charge >= 0.3 is 0 Å². The van der Waals surface area contributed by atoms with Crippen LogP contribution in [0.1, 0.15) is 36.1 Å². The summed E-state index contributed by atoms with van der Waals surface area (Å²) in [6.45, 7) is 8.98. The van der Waals surface area contributed by atoms with E-state index in [1.54, 1.807) is 0 Å². The number of fused-ring (bicyclic) bond motifs is 6. The van der Waals surface area contributed by atoms with Crippen LogP contribution in [0, 0.1) is 13.8 Å². The van der Waals surface area contributed by atoms with Crippen molar-refractivity contribution in [2.45, 2.75) is 33.1 Å². The van der Waals surface area contributed by atoms with Crippen molar-refractivity contribution in [2.75, 3.05) is 9.80 Å². The summed E-state index contributed by atoms with van der Waals surface area (Å²) in [6, 6.07) is 57.7. The van der Waals surface area contributed by atoms with Crippen LogP contribution in [0.3, 0.4) is 0 Å². The predicted molar refractivity (Wildman–Crippen MR) is 212 cm³/mol. The second kappa shape index (κ2) is 11.5. The van der Waals surface area contributed by atoms with E-state index < -0.39 is 0 Å². The molecule has 0 bridgehead atoms. The molecule has 0 fully saturated rings. The van der Waals surface area contributed by atoms with Crippen LogP contribution in [0.25, 0.3) is 32.9 Å². The average Bonchev–Trinajstić information content (AvgIpc) is 3.62. The standard InChI is InChI=1S/C47H39N3/c1-31-14-18-34(19-15-31)49(33-10-6-5-7-11-33)36-23-26-45-41(28-36)42-29-37(24-27-46(42)48-45)50(35-20-16-32(2)17-21-35)38-22-25-40-39-12-8-9-13-43(39)47(3,4)44(40)30-38/h5-30,48H,1-4H3. The minimum atomic E-state index is -0.0832. The second-order valence-corrected chi connectivity index (χ2v) is 14.2. The van der Waals surface area contributed by atoms with E-state index in [1.807, 2.05) is 0 Å². The van der Waals surface area contributed by atoms with Gasteiger partial charge < -0.3 is 14.8 Å². The molecule has 0 spiro atoms. The Morgan fingerprint density at radius 1 is 0.400 bits per heavy atom. The van der Waals surface area contributed by atoms with Crippen LogP contribution in [0.15, 0.2) is 158 Å². The van der Waals surface area contributed by atoms with Gasteiger partial charge in [0.15, 0.2) is 0 Å². The van der Waals surface area contributed by atoms with Gasteiger partial charge in [-0.15, -0.1) is 0 Å². The van der Waals surface area contributed by atoms with Gasteiger partial charge in [0.05, 0.1) is 0 Å². The Balaban J connectivity index is 1.21. The molecule has 0 unspecified atom stereocenters. The van der Waals surface area contributed by atoms with Crippen LogP contribution in [0.4, 0.5) is 34.1 Å². The lowest BCUT2D eigenvalue weighted by atomic mass is 9.82. The molecule has 1 heterocycles. The van der Waals surface area contributed by atoms with Crippen LogP contribution in [0.5, 0.6) is 0 Å². The number of aryl methyl sites for hydroxylation is 2. The molecule has 0 radical (unpaired) electrons. The van der Waals surface area contributed by atoms with Crippen molar-refractivity contribution in [1.82, 2.24) is 4.98 Å². The molecule has 9 rings (SSSR count). The molecule has 0 amide bonds. The molecule has 0 atom stereocenters. The maximum absolute atomic E-state index is 3.70. The number of anilines is 6. The van der Waals surface area contributed by atoms with Crippen LogP contribution in [-0.2, 0) is 5.41 Å². The highest BCUT2D eigenvalue weighted by molar-refractivity contribution is 6.10. The average molecular weight is 646 g/mol. The van der Waals surface area contributed by atoms with Crippen LogP contribution in [-0.4, -0.2) is 4.98 Å². The molecule has 1 aliphatic carbocycles. The Morgan fingerprint density at radius 3 is 1.44 bits per heavy atom. The van der Waals surface area contributed by atoms with Crippen molar-refractivity contribution in [3.05, 3.63) is 180 Å². The SMILES string of the molecule is Cc1ccc(N(c2ccccc2)c2ccc3[nH]c4ccc(N(c5ccc(C)cc5)c5ccc6c(c5)C(C)(C)c5ccccc5-6)cc4c3c2)cc1. The molecule has 1 aliphatic rings. The van der Waals surface area contributed by atoms with Gasteiger partial charge in [-0.3, -0.25) is 0 Å². The predicted octanol–water partition coefficient (Wildman–Crippen LogP) is 13.2. The van der Waals surface area contributed by atoms with E-state index in [9.17, 15) is 0 Å². The highest BCUT2D eigenvalue weighted by Gasteiger charge is 2.35. The Kier molecular flexibility index (Phi) is 6.92. The number of para-hydroxylation sites is 1. The summed E-state index contributed by atoms with van der Waals surface area (Å²) < 4.78 is 0. The van der Waals surface area contributed by atoms with E-state index in [0.29, 0.717) is 0 Å². The Hall–Kier alpha value is -6.06. The largest absolute Gasteiger partial charge is 0.355 e. The zero-order valence-electron chi connectivity index (χ0n) is 28.9. The topological polar surface area (TPSA) is 22.3 Å². The summed E-state index contributed by atoms with van der Waals surface area (Å²) in [5.41, 5.74) is 16.9. The molecule has 3 nitrogen and oxygen atoms in total. The van der Waals surface area contributed by atoms with E-state index in [-0.39, 0.29) is 5.41 Å². The van der Waals surface area contributed by atoms with E-state index in [2.05, 4.69) is 200 Å². The smallest absolute Gasteiger partial charge is 0.0469 e. The van der Waals surface area contributed by atoms with Crippen molar-refractivity contribution in [1.29, 1.82) is 0 Å². The van der Waals surface area contributed by atoms with Gasteiger partial charge in [0.1, 0.15) is 0 Å². The minimum absolute atomic E-state index is 0.0832. The second-order valence-electron chi connectivity index (χ2n) is 14.2. The van der Waals surface area contributed by atoms with E-state index in [4.69, 9.17) is 0 Å². The summed E-state index contributed by atoms with van der Waals surface area (Å²) >= 11 is 0. The number of nitrogens with zero attached hydrogens (tertiary/aromatic N) is 2. The number of aromatic amines is 1. The number of aromatic nitrogens is 1. The summed E-state index contributed by atoms with van der Waals surface area (Å²) in [7, 11) is 0. The van der Waals surface area contributed by atoms with Crippen LogP contribution < -0.4 is 9.80 Å². The van der Waals surface area contributed by atoms with Crippen molar-refractivity contribution >= 4 is 55.9 Å². The third-order valence-corrected chi connectivity index (χ3v) is 10.5.